The molecule has 2 aromatic rings. The topological polar surface area (TPSA) is 86.2 Å². The van der Waals surface area contributed by atoms with E-state index in [9.17, 15) is 18.7 Å². The summed E-state index contributed by atoms with van der Waals surface area (Å²) < 4.78 is 25.4. The molecule has 104 valence electrons. The highest BCUT2D eigenvalue weighted by molar-refractivity contribution is 7.84. The Labute approximate surface area is 116 Å². The average molecular weight is 294 g/mol. The van der Waals surface area contributed by atoms with Crippen LogP contribution in [0.4, 0.5) is 15.8 Å². The predicted molar refractivity (Wildman–Crippen MR) is 74.0 cm³/mol. The number of benzene rings is 2. The SMILES string of the molecule is Nc1cccc(S(=O)Cc2cc(F)cc([N+](=O)[O-])c2)c1. The number of hydrogen-bond donors (Lipinski definition) is 1. The standard InChI is InChI=1S/C13H11FN2O3S/c14-10-4-9(5-12(6-10)16(17)18)8-20(19)13-3-1-2-11(15)7-13/h1-7H,8,15H2. The highest BCUT2D eigenvalue weighted by atomic mass is 32.2. The minimum Gasteiger partial charge on any atom is -0.399 e. The first kappa shape index (κ1) is 14.1. The van der Waals surface area contributed by atoms with E-state index in [2.05, 4.69) is 0 Å². The second-order valence-electron chi connectivity index (χ2n) is 4.14. The smallest absolute Gasteiger partial charge is 0.272 e. The minimum atomic E-state index is -1.44. The summed E-state index contributed by atoms with van der Waals surface area (Å²) in [6, 6.07) is 9.70. The van der Waals surface area contributed by atoms with E-state index in [4.69, 9.17) is 5.73 Å². The number of nitro benzene ring substituents is 1. The van der Waals surface area contributed by atoms with Crippen LogP contribution in [0.1, 0.15) is 5.56 Å². The third-order valence-electron chi connectivity index (χ3n) is 2.57. The maximum Gasteiger partial charge on any atom is 0.272 e. The third-order valence-corrected chi connectivity index (χ3v) is 3.95. The van der Waals surface area contributed by atoms with Crippen molar-refractivity contribution in [3.05, 3.63) is 64.0 Å². The van der Waals surface area contributed by atoms with Gasteiger partial charge in [0.2, 0.25) is 0 Å². The zero-order valence-corrected chi connectivity index (χ0v) is 11.1. The lowest BCUT2D eigenvalue weighted by molar-refractivity contribution is -0.385. The van der Waals surface area contributed by atoms with E-state index in [1.807, 2.05) is 0 Å². The summed E-state index contributed by atoms with van der Waals surface area (Å²) in [4.78, 5) is 10.5. The molecule has 2 rings (SSSR count). The first-order valence-electron chi connectivity index (χ1n) is 5.63. The molecule has 0 saturated heterocycles. The molecule has 0 saturated carbocycles. The molecule has 0 radical (unpaired) electrons. The molecule has 0 amide bonds. The summed E-state index contributed by atoms with van der Waals surface area (Å²) >= 11 is 0. The van der Waals surface area contributed by atoms with Crippen LogP contribution in [0.25, 0.3) is 0 Å². The molecule has 1 unspecified atom stereocenters. The number of anilines is 1. The minimum absolute atomic E-state index is 0.0119. The van der Waals surface area contributed by atoms with Crippen LogP contribution < -0.4 is 5.73 Å². The molecule has 0 aliphatic rings. The van der Waals surface area contributed by atoms with Gasteiger partial charge in [0.25, 0.3) is 5.69 Å². The van der Waals surface area contributed by atoms with Gasteiger partial charge in [0.05, 0.1) is 27.5 Å². The van der Waals surface area contributed by atoms with Crippen molar-refractivity contribution in [2.45, 2.75) is 10.6 Å². The number of non-ortho nitro benzene ring substituents is 1. The fraction of sp³-hybridized carbons (Fsp3) is 0.0769. The molecule has 0 fully saturated rings. The number of nitrogens with two attached hydrogens (primary N) is 1. The van der Waals surface area contributed by atoms with Crippen LogP contribution in [0.3, 0.4) is 0 Å². The summed E-state index contributed by atoms with van der Waals surface area (Å²) in [5, 5.41) is 10.7. The van der Waals surface area contributed by atoms with Gasteiger partial charge < -0.3 is 5.73 Å². The van der Waals surface area contributed by atoms with Crippen molar-refractivity contribution in [3.63, 3.8) is 0 Å². The van der Waals surface area contributed by atoms with Crippen molar-refractivity contribution in [1.82, 2.24) is 0 Å². The van der Waals surface area contributed by atoms with Gasteiger partial charge in [-0.2, -0.15) is 0 Å². The third kappa shape index (κ3) is 3.39. The number of nitrogens with zero attached hydrogens (tertiary/aromatic N) is 1. The second-order valence-corrected chi connectivity index (χ2v) is 5.59. The van der Waals surface area contributed by atoms with Crippen molar-refractivity contribution in [2.75, 3.05) is 5.73 Å². The summed E-state index contributed by atoms with van der Waals surface area (Å²) in [7, 11) is -1.44. The van der Waals surface area contributed by atoms with E-state index in [1.165, 1.54) is 6.07 Å². The fourth-order valence-electron chi connectivity index (χ4n) is 1.71. The van der Waals surface area contributed by atoms with E-state index < -0.39 is 21.5 Å². The summed E-state index contributed by atoms with van der Waals surface area (Å²) in [6.45, 7) is 0. The molecule has 0 aliphatic carbocycles. The quantitative estimate of drug-likeness (QED) is 0.533. The Kier molecular flexibility index (Phi) is 4.09. The molecule has 7 heteroatoms. The van der Waals surface area contributed by atoms with Crippen molar-refractivity contribution >= 4 is 22.2 Å². The van der Waals surface area contributed by atoms with Gasteiger partial charge in [-0.3, -0.25) is 14.3 Å². The summed E-state index contributed by atoms with van der Waals surface area (Å²) in [6.07, 6.45) is 0. The number of hydrogen-bond acceptors (Lipinski definition) is 4. The Balaban J connectivity index is 2.26. The molecule has 20 heavy (non-hydrogen) atoms. The largest absolute Gasteiger partial charge is 0.399 e. The summed E-state index contributed by atoms with van der Waals surface area (Å²) in [5.74, 6) is -0.735. The number of nitro groups is 1. The van der Waals surface area contributed by atoms with Crippen molar-refractivity contribution in [1.29, 1.82) is 0 Å². The predicted octanol–water partition coefficient (Wildman–Crippen LogP) is 2.62. The number of halogens is 1. The van der Waals surface area contributed by atoms with E-state index in [1.54, 1.807) is 24.3 Å². The monoisotopic (exact) mass is 294 g/mol. The molecule has 2 aromatic carbocycles. The molecular weight excluding hydrogens is 283 g/mol. The van der Waals surface area contributed by atoms with Crippen LogP contribution in [-0.2, 0) is 16.6 Å². The van der Waals surface area contributed by atoms with Gasteiger partial charge in [-0.15, -0.1) is 0 Å². The molecule has 0 heterocycles. The van der Waals surface area contributed by atoms with Gasteiger partial charge in [-0.05, 0) is 29.8 Å². The van der Waals surface area contributed by atoms with Gasteiger partial charge in [-0.1, -0.05) is 6.07 Å². The first-order valence-corrected chi connectivity index (χ1v) is 6.95. The van der Waals surface area contributed by atoms with Crippen molar-refractivity contribution in [3.8, 4) is 0 Å². The lowest BCUT2D eigenvalue weighted by Gasteiger charge is -2.04. The van der Waals surface area contributed by atoms with E-state index in [-0.39, 0.29) is 11.4 Å². The zero-order valence-electron chi connectivity index (χ0n) is 10.3. The van der Waals surface area contributed by atoms with Crippen LogP contribution in [0.2, 0.25) is 0 Å². The molecule has 0 aliphatic heterocycles. The fourth-order valence-corrected chi connectivity index (χ4v) is 2.85. The van der Waals surface area contributed by atoms with E-state index >= 15 is 0 Å². The molecule has 1 atom stereocenters. The van der Waals surface area contributed by atoms with Gasteiger partial charge in [-0.25, -0.2) is 4.39 Å². The summed E-state index contributed by atoms with van der Waals surface area (Å²) in [5.41, 5.74) is 6.01. The number of rotatable bonds is 4. The Bertz CT molecular complexity index is 691. The Hall–Kier alpha value is -2.28. The second kappa shape index (κ2) is 5.79. The molecule has 0 bridgehead atoms. The lowest BCUT2D eigenvalue weighted by atomic mass is 10.2. The molecule has 2 N–H and O–H groups in total. The van der Waals surface area contributed by atoms with Crippen LogP contribution >= 0.6 is 0 Å². The molecule has 0 aromatic heterocycles. The Morgan fingerprint density at radius 3 is 2.65 bits per heavy atom. The molecular formula is C13H11FN2O3S. The van der Waals surface area contributed by atoms with E-state index in [0.717, 1.165) is 12.1 Å². The van der Waals surface area contributed by atoms with E-state index in [0.29, 0.717) is 16.1 Å². The molecule has 0 spiro atoms. The highest BCUT2D eigenvalue weighted by Crippen LogP contribution is 2.20. The Morgan fingerprint density at radius 1 is 1.25 bits per heavy atom. The van der Waals surface area contributed by atoms with Crippen LogP contribution in [0.5, 0.6) is 0 Å². The van der Waals surface area contributed by atoms with Gasteiger partial charge in [0.15, 0.2) is 0 Å². The highest BCUT2D eigenvalue weighted by Gasteiger charge is 2.12. The molecule has 5 nitrogen and oxygen atoms in total. The average Bonchev–Trinajstić information content (AvgIpc) is 2.37. The van der Waals surface area contributed by atoms with Crippen LogP contribution in [0, 0.1) is 15.9 Å². The maximum atomic E-state index is 13.3. The van der Waals surface area contributed by atoms with Gasteiger partial charge in [0.1, 0.15) is 5.82 Å². The maximum absolute atomic E-state index is 13.3. The van der Waals surface area contributed by atoms with Crippen molar-refractivity contribution in [2.24, 2.45) is 0 Å². The van der Waals surface area contributed by atoms with Gasteiger partial charge >= 0.3 is 0 Å². The van der Waals surface area contributed by atoms with Gasteiger partial charge in [0, 0.05) is 16.6 Å². The lowest BCUT2D eigenvalue weighted by Crippen LogP contribution is -1.99. The zero-order chi connectivity index (χ0) is 14.7. The number of nitrogen functional groups attached to an aromatic ring is 1. The Morgan fingerprint density at radius 2 is 2.00 bits per heavy atom. The van der Waals surface area contributed by atoms with Crippen LogP contribution in [-0.4, -0.2) is 9.13 Å². The first-order chi connectivity index (χ1) is 9.45. The normalized spacial score (nSPS) is 12.1. The van der Waals surface area contributed by atoms with Crippen molar-refractivity contribution < 1.29 is 13.5 Å². The van der Waals surface area contributed by atoms with Crippen LogP contribution in [0.15, 0.2) is 47.4 Å².